The van der Waals surface area contributed by atoms with E-state index in [1.165, 1.54) is 17.2 Å². The number of nitrogens with zero attached hydrogens (tertiary/aromatic N) is 2. The zero-order valence-electron chi connectivity index (χ0n) is 15.9. The van der Waals surface area contributed by atoms with E-state index < -0.39 is 11.7 Å². The molecule has 0 unspecified atom stereocenters. The average molecular weight is 416 g/mol. The number of hydrogen-bond donors (Lipinski definition) is 2. The molecule has 2 N–H and O–H groups in total. The van der Waals surface area contributed by atoms with Gasteiger partial charge in [0.25, 0.3) is 5.91 Å². The van der Waals surface area contributed by atoms with E-state index in [-0.39, 0.29) is 17.3 Å². The van der Waals surface area contributed by atoms with Gasteiger partial charge in [-0.05, 0) is 24.3 Å². The number of halogens is 3. The fourth-order valence-corrected chi connectivity index (χ4v) is 3.63. The zero-order chi connectivity index (χ0) is 21.3. The molecule has 0 radical (unpaired) electrons. The summed E-state index contributed by atoms with van der Waals surface area (Å²) in [6, 6.07) is 11.1. The van der Waals surface area contributed by atoms with Crippen molar-refractivity contribution >= 4 is 35.0 Å². The summed E-state index contributed by atoms with van der Waals surface area (Å²) in [5.41, 5.74) is 1.25. The molecule has 2 amide bonds. The van der Waals surface area contributed by atoms with E-state index in [1.807, 2.05) is 0 Å². The highest BCUT2D eigenvalue weighted by Gasteiger charge is 2.36. The van der Waals surface area contributed by atoms with Crippen LogP contribution in [-0.4, -0.2) is 43.4 Å². The van der Waals surface area contributed by atoms with Crippen molar-refractivity contribution < 1.29 is 22.8 Å². The highest BCUT2D eigenvalue weighted by Crippen LogP contribution is 2.39. The SMILES string of the molecule is O=CN1CCN(c2ccc(NC=C3C(=O)Nc4ccccc43)cc2C(F)(F)F)CC1. The number of nitrogens with one attached hydrogen (secondary N) is 2. The zero-order valence-corrected chi connectivity index (χ0v) is 15.9. The van der Waals surface area contributed by atoms with E-state index in [0.29, 0.717) is 49.4 Å². The van der Waals surface area contributed by atoms with Crippen LogP contribution in [0, 0.1) is 0 Å². The predicted molar refractivity (Wildman–Crippen MR) is 108 cm³/mol. The maximum atomic E-state index is 13.7. The van der Waals surface area contributed by atoms with E-state index in [9.17, 15) is 22.8 Å². The number of para-hydroxylation sites is 1. The Morgan fingerprint density at radius 1 is 1.03 bits per heavy atom. The Labute approximate surface area is 171 Å². The van der Waals surface area contributed by atoms with Crippen molar-refractivity contribution in [2.75, 3.05) is 41.7 Å². The van der Waals surface area contributed by atoms with Crippen molar-refractivity contribution in [2.45, 2.75) is 6.18 Å². The van der Waals surface area contributed by atoms with Crippen LogP contribution in [0.1, 0.15) is 11.1 Å². The van der Waals surface area contributed by atoms with Crippen molar-refractivity contribution in [2.24, 2.45) is 0 Å². The van der Waals surface area contributed by atoms with Gasteiger partial charge in [0.1, 0.15) is 0 Å². The Bertz CT molecular complexity index is 1010. The molecule has 156 valence electrons. The van der Waals surface area contributed by atoms with Gasteiger partial charge in [0.2, 0.25) is 6.41 Å². The van der Waals surface area contributed by atoms with E-state index in [4.69, 9.17) is 0 Å². The number of anilines is 3. The number of alkyl halides is 3. The summed E-state index contributed by atoms with van der Waals surface area (Å²) >= 11 is 0. The van der Waals surface area contributed by atoms with Gasteiger partial charge in [-0.15, -0.1) is 0 Å². The third kappa shape index (κ3) is 3.83. The Morgan fingerprint density at radius 2 is 1.77 bits per heavy atom. The third-order valence-corrected chi connectivity index (χ3v) is 5.20. The fraction of sp³-hybridized carbons (Fsp3) is 0.238. The first-order valence-corrected chi connectivity index (χ1v) is 9.40. The topological polar surface area (TPSA) is 64.7 Å². The van der Waals surface area contributed by atoms with Crippen LogP contribution in [0.3, 0.4) is 0 Å². The maximum Gasteiger partial charge on any atom is 0.418 e. The van der Waals surface area contributed by atoms with Gasteiger partial charge in [0.15, 0.2) is 0 Å². The van der Waals surface area contributed by atoms with Gasteiger partial charge in [0.05, 0.1) is 11.1 Å². The molecule has 4 rings (SSSR count). The maximum absolute atomic E-state index is 13.7. The van der Waals surface area contributed by atoms with Gasteiger partial charge < -0.3 is 20.4 Å². The summed E-state index contributed by atoms with van der Waals surface area (Å²) in [5, 5.41) is 5.54. The number of fused-ring (bicyclic) bond motifs is 1. The van der Waals surface area contributed by atoms with E-state index in [2.05, 4.69) is 10.6 Å². The Morgan fingerprint density at radius 3 is 2.47 bits per heavy atom. The van der Waals surface area contributed by atoms with Gasteiger partial charge in [-0.25, -0.2) is 0 Å². The predicted octanol–water partition coefficient (Wildman–Crippen LogP) is 3.39. The Balaban J connectivity index is 1.60. The van der Waals surface area contributed by atoms with Crippen LogP contribution in [0.25, 0.3) is 5.57 Å². The number of piperazine rings is 1. The van der Waals surface area contributed by atoms with Gasteiger partial charge in [-0.1, -0.05) is 18.2 Å². The first kappa shape index (κ1) is 19.8. The molecule has 1 fully saturated rings. The lowest BCUT2D eigenvalue weighted by Crippen LogP contribution is -2.46. The summed E-state index contributed by atoms with van der Waals surface area (Å²) in [5.74, 6) is -0.315. The first-order chi connectivity index (χ1) is 14.4. The highest BCUT2D eigenvalue weighted by atomic mass is 19.4. The second-order valence-corrected chi connectivity index (χ2v) is 7.06. The molecule has 2 aliphatic rings. The second kappa shape index (κ2) is 7.74. The minimum atomic E-state index is -4.54. The van der Waals surface area contributed by atoms with E-state index >= 15 is 0 Å². The molecule has 6 nitrogen and oxygen atoms in total. The quantitative estimate of drug-likeness (QED) is 0.593. The smallest absolute Gasteiger partial charge is 0.367 e. The molecule has 0 spiro atoms. The van der Waals surface area contributed by atoms with Crippen LogP contribution >= 0.6 is 0 Å². The normalized spacial score (nSPS) is 17.7. The van der Waals surface area contributed by atoms with Crippen LogP contribution in [0.2, 0.25) is 0 Å². The van der Waals surface area contributed by atoms with Gasteiger partial charge in [-0.3, -0.25) is 9.59 Å². The molecule has 0 bridgehead atoms. The van der Waals surface area contributed by atoms with Gasteiger partial charge >= 0.3 is 6.18 Å². The number of amides is 2. The van der Waals surface area contributed by atoms with Crippen molar-refractivity contribution in [3.8, 4) is 0 Å². The Kier molecular flexibility index (Phi) is 5.11. The second-order valence-electron chi connectivity index (χ2n) is 7.06. The molecule has 0 aromatic heterocycles. The monoisotopic (exact) mass is 416 g/mol. The molecule has 1 saturated heterocycles. The molecule has 0 saturated carbocycles. The molecular weight excluding hydrogens is 397 g/mol. The summed E-state index contributed by atoms with van der Waals surface area (Å²) in [6.45, 7) is 1.41. The third-order valence-electron chi connectivity index (χ3n) is 5.20. The van der Waals surface area contributed by atoms with Crippen LogP contribution in [0.4, 0.5) is 30.2 Å². The molecule has 2 aliphatic heterocycles. The molecule has 0 aliphatic carbocycles. The standard InChI is InChI=1S/C21H19F3N4O2/c22-21(23,24)17-11-14(5-6-19(17)28-9-7-27(13-29)8-10-28)25-12-16-15-3-1-2-4-18(15)26-20(16)30/h1-6,11-13,25H,7-10H2,(H,26,30). The number of carbonyl (C=O) groups excluding carboxylic acids is 2. The average Bonchev–Trinajstić information content (AvgIpc) is 3.06. The molecule has 2 aromatic carbocycles. The molecule has 0 atom stereocenters. The molecule has 2 heterocycles. The summed E-state index contributed by atoms with van der Waals surface area (Å²) in [4.78, 5) is 26.2. The lowest BCUT2D eigenvalue weighted by molar-refractivity contribution is -0.137. The van der Waals surface area contributed by atoms with E-state index in [1.54, 1.807) is 35.2 Å². The van der Waals surface area contributed by atoms with Crippen LogP contribution in [0.15, 0.2) is 48.7 Å². The number of hydrogen-bond acceptors (Lipinski definition) is 4. The fourth-order valence-electron chi connectivity index (χ4n) is 3.63. The van der Waals surface area contributed by atoms with Crippen LogP contribution in [0.5, 0.6) is 0 Å². The lowest BCUT2D eigenvalue weighted by Gasteiger charge is -2.35. The van der Waals surface area contributed by atoms with Gasteiger partial charge in [-0.2, -0.15) is 13.2 Å². The Hall–Kier alpha value is -3.49. The minimum Gasteiger partial charge on any atom is -0.367 e. The molecule has 9 heteroatoms. The van der Waals surface area contributed by atoms with Crippen molar-refractivity contribution in [1.82, 2.24) is 4.90 Å². The summed E-state index contributed by atoms with van der Waals surface area (Å²) in [7, 11) is 0. The number of benzene rings is 2. The van der Waals surface area contributed by atoms with Crippen LogP contribution in [-0.2, 0) is 15.8 Å². The highest BCUT2D eigenvalue weighted by molar-refractivity contribution is 6.31. The number of rotatable bonds is 4. The summed E-state index contributed by atoms with van der Waals surface area (Å²) in [6.07, 6.45) is -2.42. The van der Waals surface area contributed by atoms with Crippen LogP contribution < -0.4 is 15.5 Å². The van der Waals surface area contributed by atoms with Crippen molar-refractivity contribution in [1.29, 1.82) is 0 Å². The minimum absolute atomic E-state index is 0.0789. The van der Waals surface area contributed by atoms with Gasteiger partial charge in [0, 0.05) is 55.0 Å². The molecule has 2 aromatic rings. The lowest BCUT2D eigenvalue weighted by atomic mass is 10.1. The molecular formula is C21H19F3N4O2. The molecule has 30 heavy (non-hydrogen) atoms. The summed E-state index contributed by atoms with van der Waals surface area (Å²) < 4.78 is 41.2. The number of carbonyl (C=O) groups is 2. The largest absolute Gasteiger partial charge is 0.418 e. The van der Waals surface area contributed by atoms with Crippen molar-refractivity contribution in [3.63, 3.8) is 0 Å². The first-order valence-electron chi connectivity index (χ1n) is 9.40. The van der Waals surface area contributed by atoms with Crippen molar-refractivity contribution in [3.05, 3.63) is 59.8 Å². The van der Waals surface area contributed by atoms with E-state index in [0.717, 1.165) is 6.07 Å².